The summed E-state index contributed by atoms with van der Waals surface area (Å²) in [6.45, 7) is 0. The van der Waals surface area contributed by atoms with Gasteiger partial charge < -0.3 is 47.9 Å². The van der Waals surface area contributed by atoms with Crippen LogP contribution in [0.5, 0.6) is 92.0 Å². The predicted octanol–water partition coefficient (Wildman–Crippen LogP) is 16.4. The number of fused-ring (bicyclic) bond motifs is 20. The van der Waals surface area contributed by atoms with E-state index in [0.29, 0.717) is 158 Å². The van der Waals surface area contributed by atoms with Gasteiger partial charge in [0.05, 0.1) is 49.6 Å². The zero-order valence-corrected chi connectivity index (χ0v) is 53.3. The molecule has 0 saturated heterocycles. The van der Waals surface area contributed by atoms with Crippen LogP contribution in [-0.2, 0) is 19.5 Å². The summed E-state index contributed by atoms with van der Waals surface area (Å²) in [6.07, 6.45) is 26.1. The molecule has 8 bridgehead atoms. The van der Waals surface area contributed by atoms with Gasteiger partial charge in [0.25, 0.3) is 0 Å². The van der Waals surface area contributed by atoms with Gasteiger partial charge in [-0.2, -0.15) is 0 Å². The molecule has 0 spiro atoms. The van der Waals surface area contributed by atoms with E-state index in [0.717, 1.165) is 0 Å². The van der Waals surface area contributed by atoms with Gasteiger partial charge >= 0.3 is 19.5 Å². The van der Waals surface area contributed by atoms with Gasteiger partial charge in [0.15, 0.2) is 69.3 Å². The molecule has 0 fully saturated rings. The van der Waals surface area contributed by atoms with Crippen LogP contribution in [-0.4, -0.2) is 79.7 Å². The summed E-state index contributed by atoms with van der Waals surface area (Å²) in [5, 5.41) is 2.14. The molecule has 0 saturated carbocycles. The van der Waals surface area contributed by atoms with Crippen LogP contribution in [0.1, 0.15) is 0 Å². The monoisotopic (exact) mass is 1320 g/mol. The van der Waals surface area contributed by atoms with Crippen LogP contribution in [0, 0.1) is 0 Å². The number of aromatic nitrogens is 16. The molecule has 15 aromatic rings. The van der Waals surface area contributed by atoms with Crippen molar-refractivity contribution in [1.29, 1.82) is 0 Å². The van der Waals surface area contributed by atoms with Crippen molar-refractivity contribution < 1.29 is 57.4 Å². The van der Waals surface area contributed by atoms with Crippen LogP contribution in [0.2, 0.25) is 0 Å². The number of hydrogen-bond acceptors (Lipinski definition) is 22. The van der Waals surface area contributed by atoms with E-state index in [9.17, 15) is 0 Å². The molecule has 2 N–H and O–H groups in total. The summed E-state index contributed by atoms with van der Waals surface area (Å²) in [4.78, 5) is 74.1. The molecule has 24 nitrogen and oxygen atoms in total. The van der Waals surface area contributed by atoms with Crippen LogP contribution in [0.4, 0.5) is 0 Å². The molecule has 17 rings (SSSR count). The van der Waals surface area contributed by atoms with Crippen LogP contribution in [0.3, 0.4) is 0 Å². The fourth-order valence-electron chi connectivity index (χ4n) is 10.7. The van der Waals surface area contributed by atoms with E-state index in [2.05, 4.69) is 49.8 Å². The van der Waals surface area contributed by atoms with Gasteiger partial charge in [-0.25, -0.2) is 29.9 Å². The molecular formula is C72H42N16O8Zn+2. The summed E-state index contributed by atoms with van der Waals surface area (Å²) in [5.41, 5.74) is 3.23. The summed E-state index contributed by atoms with van der Waals surface area (Å²) < 4.78 is 53.1. The van der Waals surface area contributed by atoms with Gasteiger partial charge in [0, 0.05) is 93.4 Å². The van der Waals surface area contributed by atoms with E-state index in [-0.39, 0.29) is 42.8 Å². The molecule has 0 unspecified atom stereocenters. The molecule has 4 aromatic carbocycles. The molecule has 25 heteroatoms. The third-order valence-electron chi connectivity index (χ3n) is 15.0. The first-order valence-corrected chi connectivity index (χ1v) is 29.7. The van der Waals surface area contributed by atoms with E-state index in [1.165, 1.54) is 0 Å². The molecule has 0 amide bonds. The molecule has 0 aliphatic carbocycles. The molecule has 0 atom stereocenters. The first-order valence-electron chi connectivity index (χ1n) is 29.7. The third kappa shape index (κ3) is 12.1. The number of H-pyrrole nitrogens is 2. The molecule has 0 radical (unpaired) electrons. The van der Waals surface area contributed by atoms with E-state index >= 15 is 0 Å². The maximum Gasteiger partial charge on any atom is 2.00 e. The maximum absolute atomic E-state index is 6.64. The van der Waals surface area contributed by atoms with Gasteiger partial charge in [0.1, 0.15) is 68.6 Å². The zero-order valence-electron chi connectivity index (χ0n) is 50.3. The van der Waals surface area contributed by atoms with Crippen molar-refractivity contribution in [2.45, 2.75) is 0 Å². The van der Waals surface area contributed by atoms with Gasteiger partial charge in [-0.3, -0.25) is 39.9 Å². The fraction of sp³-hybridized carbons (Fsp3) is 0. The second-order valence-electron chi connectivity index (χ2n) is 21.3. The Labute approximate surface area is 560 Å². The third-order valence-corrected chi connectivity index (χ3v) is 15.0. The van der Waals surface area contributed by atoms with Crippen LogP contribution in [0.15, 0.2) is 245 Å². The Morgan fingerprint density at radius 1 is 0.216 bits per heavy atom. The van der Waals surface area contributed by atoms with Crippen molar-refractivity contribution in [3.05, 3.63) is 245 Å². The number of rotatable bonds is 16. The summed E-state index contributed by atoms with van der Waals surface area (Å²) >= 11 is 0. The quantitative estimate of drug-likeness (QED) is 0.0850. The predicted molar refractivity (Wildman–Crippen MR) is 351 cm³/mol. The van der Waals surface area contributed by atoms with E-state index < -0.39 is 0 Å². The normalized spacial score (nSPS) is 11.2. The minimum atomic E-state index is 0. The van der Waals surface area contributed by atoms with Crippen molar-refractivity contribution >= 4 is 44.1 Å². The Morgan fingerprint density at radius 3 is 0.557 bits per heavy atom. The minimum absolute atomic E-state index is 0. The van der Waals surface area contributed by atoms with Crippen LogP contribution < -0.4 is 37.9 Å². The fourth-order valence-corrected chi connectivity index (χ4v) is 10.7. The molecule has 458 valence electrons. The average molecular weight is 1320 g/mol. The second-order valence-corrected chi connectivity index (χ2v) is 21.3. The Balaban J connectivity index is 0.00000738. The van der Waals surface area contributed by atoms with Crippen molar-refractivity contribution in [2.24, 2.45) is 0 Å². The van der Waals surface area contributed by atoms with Crippen molar-refractivity contribution in [3.8, 4) is 138 Å². The Bertz CT molecular complexity index is 4930. The number of nitrogens with one attached hydrogen (secondary N) is 2. The van der Waals surface area contributed by atoms with Gasteiger partial charge in [-0.1, -0.05) is 0 Å². The Hall–Kier alpha value is -13.5. The molecular weight excluding hydrogens is 1280 g/mol. The van der Waals surface area contributed by atoms with Gasteiger partial charge in [0.2, 0.25) is 0 Å². The number of benzene rings is 4. The topological polar surface area (TPSA) is 286 Å². The molecule has 97 heavy (non-hydrogen) atoms. The first kappa shape index (κ1) is 58.5. The zero-order chi connectivity index (χ0) is 63.7. The van der Waals surface area contributed by atoms with E-state index in [4.69, 9.17) is 67.8 Å². The molecule has 11 aromatic heterocycles. The molecule has 2 aliphatic rings. The summed E-state index contributed by atoms with van der Waals surface area (Å²) in [7, 11) is 0. The number of nitrogens with zero attached hydrogens (tertiary/aromatic N) is 14. The average Bonchev–Trinajstić information content (AvgIpc) is 1.61. The van der Waals surface area contributed by atoms with Crippen molar-refractivity contribution in [1.82, 2.24) is 79.7 Å². The molecule has 2 aliphatic heterocycles. The SMILES string of the molecule is [Zn+2].c1cncc(Oc2cc3c(cc2Oc2cccnc2)-c2nc-3nc3[nH]c(nc4nc(nc5[nH]c(n2)c2cc(Oc6cccnc6)c(Oc6cccnc6)cc52)-c2cc(Oc5cccnc5)c(Oc5cccnc5)cc2-4)c2cc(Oc4cccnc4)c(Oc4cccnc4)cc32)c1. The van der Waals surface area contributed by atoms with Gasteiger partial charge in [-0.05, 0) is 146 Å². The van der Waals surface area contributed by atoms with E-state index in [1.807, 2.05) is 24.3 Å². The Kier molecular flexibility index (Phi) is 15.4. The number of pyridine rings is 8. The largest absolute Gasteiger partial charge is 2.00 e. The standard InChI is InChI=1S/C72H42N16O8.Zn/c1-9-41(33-73-17-1)89-57-25-49-50(26-58(57)90-42-10-2-18-74-34-42)66-81-65(49)85-67-51-27-59(91-43-11-3-19-75-35-43)60(92-44-12-4-20-76-36-44)28-52(51)69(82-67)87-71-55-31-63(95-47-15-7-23-79-39-47)64(96-48-16-8-24-80-40-48)32-56(55)72(84-71)88-70-54-30-62(94-46-14-6-22-78-38-46)61(29-53(54)68(83-70)86-66)93-45-13-5-21-77-37-45;/h1-40H,(H2,81,82,83,84,85,86,87,88);/q;+2. The second kappa shape index (κ2) is 25.5. The van der Waals surface area contributed by atoms with Crippen molar-refractivity contribution in [2.75, 3.05) is 0 Å². The van der Waals surface area contributed by atoms with E-state index in [1.54, 1.807) is 220 Å². The number of hydrogen-bond donors (Lipinski definition) is 2. The smallest absolute Gasteiger partial charge is 0.452 e. The van der Waals surface area contributed by atoms with Crippen LogP contribution >= 0.6 is 0 Å². The molecule has 13 heterocycles. The first-order chi connectivity index (χ1) is 47.5. The van der Waals surface area contributed by atoms with Crippen LogP contribution in [0.25, 0.3) is 89.7 Å². The number of aromatic amines is 2. The van der Waals surface area contributed by atoms with Crippen molar-refractivity contribution in [3.63, 3.8) is 0 Å². The summed E-state index contributed by atoms with van der Waals surface area (Å²) in [5.74, 6) is 6.75. The number of ether oxygens (including phenoxy) is 8. The Morgan fingerprint density at radius 2 is 0.392 bits per heavy atom. The van der Waals surface area contributed by atoms with Gasteiger partial charge in [-0.15, -0.1) is 0 Å². The summed E-state index contributed by atoms with van der Waals surface area (Å²) in [6, 6.07) is 42.9. The maximum atomic E-state index is 6.64. The minimum Gasteiger partial charge on any atom is -0.452 e.